The number of nitrogens with two attached hydrogens (primary N) is 1. The van der Waals surface area contributed by atoms with Crippen LogP contribution in [0.5, 0.6) is 0 Å². The van der Waals surface area contributed by atoms with Crippen LogP contribution in [-0.2, 0) is 4.79 Å². The van der Waals surface area contributed by atoms with E-state index in [0.29, 0.717) is 5.92 Å². The monoisotopic (exact) mass is 292 g/mol. The minimum absolute atomic E-state index is 0.112. The van der Waals surface area contributed by atoms with Crippen molar-refractivity contribution in [3.05, 3.63) is 35.9 Å². The first-order valence-corrected chi connectivity index (χ1v) is 7.51. The molecule has 0 aliphatic heterocycles. The molecule has 0 aromatic heterocycles. The van der Waals surface area contributed by atoms with Crippen LogP contribution in [-0.4, -0.2) is 16.9 Å². The van der Waals surface area contributed by atoms with Crippen LogP contribution in [0.1, 0.15) is 45.1 Å². The van der Waals surface area contributed by atoms with Gasteiger partial charge in [0.2, 0.25) is 5.91 Å². The highest BCUT2D eigenvalue weighted by Gasteiger charge is 2.24. The zero-order chi connectivity index (χ0) is 15.1. The van der Waals surface area contributed by atoms with Gasteiger partial charge in [-0.3, -0.25) is 4.79 Å². The summed E-state index contributed by atoms with van der Waals surface area (Å²) >= 11 is 5.06. The number of carbonyl (C=O) groups is 1. The lowest BCUT2D eigenvalue weighted by Gasteiger charge is -2.21. The molecule has 1 rings (SSSR count). The molecule has 0 spiro atoms. The van der Waals surface area contributed by atoms with Crippen LogP contribution in [0, 0.1) is 5.92 Å². The Kier molecular flexibility index (Phi) is 6.65. The van der Waals surface area contributed by atoms with Crippen LogP contribution in [0.4, 0.5) is 0 Å². The number of hydrogen-bond donors (Lipinski definition) is 2. The summed E-state index contributed by atoms with van der Waals surface area (Å²) in [5.74, 6) is -0.0737. The Bertz CT molecular complexity index is 447. The fourth-order valence-corrected chi connectivity index (χ4v) is 2.49. The fourth-order valence-electron chi connectivity index (χ4n) is 2.25. The van der Waals surface area contributed by atoms with Gasteiger partial charge in [0.1, 0.15) is 5.92 Å². The average molecular weight is 292 g/mol. The van der Waals surface area contributed by atoms with E-state index in [1.54, 1.807) is 0 Å². The normalized spacial score (nSPS) is 15.2. The average Bonchev–Trinajstić information content (AvgIpc) is 2.39. The predicted molar refractivity (Wildman–Crippen MR) is 87.6 cm³/mol. The van der Waals surface area contributed by atoms with Crippen molar-refractivity contribution in [2.75, 3.05) is 0 Å². The second-order valence-corrected chi connectivity index (χ2v) is 5.88. The molecule has 1 aromatic carbocycles. The maximum Gasteiger partial charge on any atom is 0.234 e. The largest absolute Gasteiger partial charge is 0.392 e. The van der Waals surface area contributed by atoms with Gasteiger partial charge >= 0.3 is 0 Å². The number of rotatable bonds is 7. The van der Waals surface area contributed by atoms with E-state index in [1.165, 1.54) is 0 Å². The van der Waals surface area contributed by atoms with Gasteiger partial charge in [-0.25, -0.2) is 0 Å². The summed E-state index contributed by atoms with van der Waals surface area (Å²) in [6.07, 6.45) is 2.07. The first-order valence-electron chi connectivity index (χ1n) is 7.10. The number of amides is 1. The van der Waals surface area contributed by atoms with Crippen LogP contribution in [0.2, 0.25) is 0 Å². The minimum atomic E-state index is -0.550. The van der Waals surface area contributed by atoms with Crippen molar-refractivity contribution in [3.8, 4) is 0 Å². The van der Waals surface area contributed by atoms with Gasteiger partial charge in [-0.1, -0.05) is 62.8 Å². The molecule has 0 fully saturated rings. The highest BCUT2D eigenvalue weighted by Crippen LogP contribution is 2.17. The molecule has 0 bridgehead atoms. The molecule has 1 amide bonds. The van der Waals surface area contributed by atoms with Crippen molar-refractivity contribution in [2.24, 2.45) is 11.7 Å². The SMILES string of the molecule is CCC(C)CC(C)NC(=O)C(C(N)=S)c1ccccc1. The molecular weight excluding hydrogens is 268 g/mol. The number of carbonyl (C=O) groups excluding carboxylic acids is 1. The van der Waals surface area contributed by atoms with Gasteiger partial charge in [-0.05, 0) is 24.8 Å². The lowest BCUT2D eigenvalue weighted by atomic mass is 9.96. The first-order chi connectivity index (χ1) is 9.45. The zero-order valence-electron chi connectivity index (χ0n) is 12.4. The third kappa shape index (κ3) is 4.93. The maximum absolute atomic E-state index is 12.4. The van der Waals surface area contributed by atoms with Crippen LogP contribution < -0.4 is 11.1 Å². The minimum Gasteiger partial charge on any atom is -0.392 e. The summed E-state index contributed by atoms with van der Waals surface area (Å²) in [5.41, 5.74) is 6.58. The summed E-state index contributed by atoms with van der Waals surface area (Å²) in [7, 11) is 0. The van der Waals surface area contributed by atoms with E-state index in [2.05, 4.69) is 19.2 Å². The van der Waals surface area contributed by atoms with Crippen LogP contribution in [0.15, 0.2) is 30.3 Å². The molecule has 20 heavy (non-hydrogen) atoms. The lowest BCUT2D eigenvalue weighted by Crippen LogP contribution is -2.41. The molecule has 0 aliphatic rings. The Morgan fingerprint density at radius 2 is 1.90 bits per heavy atom. The Hall–Kier alpha value is -1.42. The van der Waals surface area contributed by atoms with Gasteiger partial charge in [-0.2, -0.15) is 0 Å². The van der Waals surface area contributed by atoms with Crippen LogP contribution in [0.3, 0.4) is 0 Å². The molecule has 110 valence electrons. The van der Waals surface area contributed by atoms with Crippen molar-refractivity contribution in [2.45, 2.75) is 45.6 Å². The van der Waals surface area contributed by atoms with E-state index in [4.69, 9.17) is 18.0 Å². The molecule has 3 N–H and O–H groups in total. The van der Waals surface area contributed by atoms with Gasteiger partial charge in [0.25, 0.3) is 0 Å². The Morgan fingerprint density at radius 3 is 2.40 bits per heavy atom. The van der Waals surface area contributed by atoms with Gasteiger partial charge in [0.05, 0.1) is 4.99 Å². The van der Waals surface area contributed by atoms with Gasteiger partial charge in [0.15, 0.2) is 0 Å². The molecule has 3 unspecified atom stereocenters. The molecule has 0 aliphatic carbocycles. The first kappa shape index (κ1) is 16.6. The van der Waals surface area contributed by atoms with Gasteiger partial charge in [-0.15, -0.1) is 0 Å². The second-order valence-electron chi connectivity index (χ2n) is 5.40. The van der Waals surface area contributed by atoms with Gasteiger partial charge in [0, 0.05) is 6.04 Å². The fraction of sp³-hybridized carbons (Fsp3) is 0.500. The quantitative estimate of drug-likeness (QED) is 0.760. The van der Waals surface area contributed by atoms with Crippen molar-refractivity contribution in [1.29, 1.82) is 0 Å². The van der Waals surface area contributed by atoms with Gasteiger partial charge < -0.3 is 11.1 Å². The van der Waals surface area contributed by atoms with E-state index in [0.717, 1.165) is 18.4 Å². The highest BCUT2D eigenvalue weighted by molar-refractivity contribution is 7.80. The Balaban J connectivity index is 2.74. The summed E-state index contributed by atoms with van der Waals surface area (Å²) in [6, 6.07) is 9.56. The van der Waals surface area contributed by atoms with E-state index < -0.39 is 5.92 Å². The lowest BCUT2D eigenvalue weighted by molar-refractivity contribution is -0.121. The highest BCUT2D eigenvalue weighted by atomic mass is 32.1. The molecule has 4 heteroatoms. The Morgan fingerprint density at radius 1 is 1.30 bits per heavy atom. The van der Waals surface area contributed by atoms with Crippen molar-refractivity contribution in [3.63, 3.8) is 0 Å². The number of hydrogen-bond acceptors (Lipinski definition) is 2. The van der Waals surface area contributed by atoms with E-state index in [-0.39, 0.29) is 16.9 Å². The third-order valence-electron chi connectivity index (χ3n) is 3.52. The summed E-state index contributed by atoms with van der Waals surface area (Å²) in [4.78, 5) is 12.6. The number of benzene rings is 1. The number of thiocarbonyl (C=S) groups is 1. The molecule has 0 heterocycles. The number of nitrogens with one attached hydrogen (secondary N) is 1. The van der Waals surface area contributed by atoms with Crippen LogP contribution in [0.25, 0.3) is 0 Å². The summed E-state index contributed by atoms with van der Waals surface area (Å²) < 4.78 is 0. The third-order valence-corrected chi connectivity index (χ3v) is 3.76. The maximum atomic E-state index is 12.4. The second kappa shape index (κ2) is 8.00. The van der Waals surface area contributed by atoms with E-state index >= 15 is 0 Å². The van der Waals surface area contributed by atoms with Crippen molar-refractivity contribution < 1.29 is 4.79 Å². The molecule has 3 atom stereocenters. The molecule has 0 saturated carbocycles. The van der Waals surface area contributed by atoms with Crippen LogP contribution >= 0.6 is 12.2 Å². The molecule has 1 aromatic rings. The zero-order valence-corrected chi connectivity index (χ0v) is 13.2. The molecular formula is C16H24N2OS. The molecule has 0 saturated heterocycles. The van der Waals surface area contributed by atoms with Crippen molar-refractivity contribution in [1.82, 2.24) is 5.32 Å². The van der Waals surface area contributed by atoms with E-state index in [1.807, 2.05) is 37.3 Å². The smallest absolute Gasteiger partial charge is 0.234 e. The molecule has 0 radical (unpaired) electrons. The van der Waals surface area contributed by atoms with E-state index in [9.17, 15) is 4.79 Å². The summed E-state index contributed by atoms with van der Waals surface area (Å²) in [6.45, 7) is 6.36. The topological polar surface area (TPSA) is 55.1 Å². The summed E-state index contributed by atoms with van der Waals surface area (Å²) in [5, 5.41) is 3.02. The molecule has 3 nitrogen and oxygen atoms in total. The Labute approximate surface area is 126 Å². The van der Waals surface area contributed by atoms with Crippen molar-refractivity contribution >= 4 is 23.1 Å². The standard InChI is InChI=1S/C16H24N2OS/c1-4-11(2)10-12(3)18-16(19)14(15(17)20)13-8-6-5-7-9-13/h5-9,11-12,14H,4,10H2,1-3H3,(H2,17,20)(H,18,19). The predicted octanol–water partition coefficient (Wildman–Crippen LogP) is 3.00.